The highest BCUT2D eigenvalue weighted by Crippen LogP contribution is 2.21. The Hall–Kier alpha value is -0.0900. The summed E-state index contributed by atoms with van der Waals surface area (Å²) in [6, 6.07) is 0.212. The van der Waals surface area contributed by atoms with E-state index in [0.29, 0.717) is 12.5 Å². The Kier molecular flexibility index (Phi) is 7.23. The summed E-state index contributed by atoms with van der Waals surface area (Å²) < 4.78 is 5.68. The first-order valence-corrected chi connectivity index (χ1v) is 8.24. The van der Waals surface area contributed by atoms with Crippen molar-refractivity contribution >= 4 is 21.8 Å². The van der Waals surface area contributed by atoms with Crippen LogP contribution in [0.4, 0.5) is 0 Å². The van der Waals surface area contributed by atoms with Crippen LogP contribution >= 0.6 is 15.9 Å². The third-order valence-electron chi connectivity index (χ3n) is 3.58. The Morgan fingerprint density at radius 3 is 2.50 bits per heavy atom. The average Bonchev–Trinajstić information content (AvgIpc) is 2.38. The number of morpholine rings is 1. The molecule has 0 spiro atoms. The number of hydrogen-bond donors (Lipinski definition) is 0. The molecule has 1 fully saturated rings. The summed E-state index contributed by atoms with van der Waals surface area (Å²) in [4.78, 5) is 14.6. The van der Waals surface area contributed by atoms with Crippen LogP contribution in [-0.2, 0) is 9.53 Å². The van der Waals surface area contributed by atoms with E-state index in [1.165, 1.54) is 0 Å². The molecule has 0 aliphatic carbocycles. The molecule has 4 heteroatoms. The smallest absolute Gasteiger partial charge is 0.226 e. The van der Waals surface area contributed by atoms with Gasteiger partial charge in [0.15, 0.2) is 0 Å². The molecule has 18 heavy (non-hydrogen) atoms. The van der Waals surface area contributed by atoms with Gasteiger partial charge in [0.1, 0.15) is 0 Å². The number of hydrogen-bond acceptors (Lipinski definition) is 2. The summed E-state index contributed by atoms with van der Waals surface area (Å²) in [5.74, 6) is 0.539. The van der Waals surface area contributed by atoms with Crippen LogP contribution in [0.1, 0.15) is 46.5 Å². The van der Waals surface area contributed by atoms with Crippen LogP contribution in [0, 0.1) is 5.92 Å². The third kappa shape index (κ3) is 4.23. The van der Waals surface area contributed by atoms with E-state index in [2.05, 4.69) is 36.7 Å². The van der Waals surface area contributed by atoms with Crippen LogP contribution in [0.3, 0.4) is 0 Å². The Labute approximate surface area is 119 Å². The highest BCUT2D eigenvalue weighted by atomic mass is 79.9. The summed E-state index contributed by atoms with van der Waals surface area (Å²) >= 11 is 3.44. The minimum absolute atomic E-state index is 0.147. The van der Waals surface area contributed by atoms with Crippen LogP contribution in [0.25, 0.3) is 0 Å². The molecule has 0 aromatic heterocycles. The van der Waals surface area contributed by atoms with E-state index in [1.807, 2.05) is 4.90 Å². The predicted octanol–water partition coefficient (Wildman–Crippen LogP) is 3.21. The first-order chi connectivity index (χ1) is 8.63. The molecule has 1 heterocycles. The van der Waals surface area contributed by atoms with E-state index >= 15 is 0 Å². The number of alkyl halides is 1. The van der Waals surface area contributed by atoms with Crippen molar-refractivity contribution in [3.8, 4) is 0 Å². The molecule has 0 bridgehead atoms. The summed E-state index contributed by atoms with van der Waals surface area (Å²) in [7, 11) is 0. The molecular weight excluding hydrogens is 294 g/mol. The number of carbonyl (C=O) groups excluding carboxylic acids is 1. The van der Waals surface area contributed by atoms with Gasteiger partial charge in [-0.05, 0) is 19.8 Å². The van der Waals surface area contributed by atoms with Crippen LogP contribution in [-0.4, -0.2) is 41.4 Å². The molecule has 0 saturated carbocycles. The average molecular weight is 320 g/mol. The lowest BCUT2D eigenvalue weighted by atomic mass is 9.95. The van der Waals surface area contributed by atoms with Crippen LogP contribution in [0.5, 0.6) is 0 Å². The maximum Gasteiger partial charge on any atom is 0.226 e. The van der Waals surface area contributed by atoms with Gasteiger partial charge in [0.2, 0.25) is 5.91 Å². The predicted molar refractivity (Wildman–Crippen MR) is 78.0 cm³/mol. The van der Waals surface area contributed by atoms with Crippen LogP contribution in [0.15, 0.2) is 0 Å². The zero-order valence-electron chi connectivity index (χ0n) is 11.8. The van der Waals surface area contributed by atoms with Crippen molar-refractivity contribution in [1.29, 1.82) is 0 Å². The highest BCUT2D eigenvalue weighted by molar-refractivity contribution is 9.09. The number of nitrogens with zero attached hydrogens (tertiary/aromatic N) is 1. The molecule has 0 aromatic rings. The molecule has 3 nitrogen and oxygen atoms in total. The quantitative estimate of drug-likeness (QED) is 0.703. The van der Waals surface area contributed by atoms with Crippen molar-refractivity contribution in [2.45, 2.75) is 58.6 Å². The molecule has 1 aliphatic rings. The Morgan fingerprint density at radius 2 is 2.00 bits per heavy atom. The van der Waals surface area contributed by atoms with Gasteiger partial charge in [-0.15, -0.1) is 0 Å². The second kappa shape index (κ2) is 8.16. The number of halogens is 1. The molecule has 2 unspecified atom stereocenters. The lowest BCUT2D eigenvalue weighted by molar-refractivity contribution is -0.147. The van der Waals surface area contributed by atoms with Gasteiger partial charge in [-0.2, -0.15) is 0 Å². The van der Waals surface area contributed by atoms with Gasteiger partial charge in [-0.3, -0.25) is 4.79 Å². The zero-order chi connectivity index (χ0) is 13.5. The van der Waals surface area contributed by atoms with Gasteiger partial charge in [0, 0.05) is 17.8 Å². The normalized spacial score (nSPS) is 24.6. The zero-order valence-corrected chi connectivity index (χ0v) is 13.4. The van der Waals surface area contributed by atoms with E-state index in [9.17, 15) is 4.79 Å². The first kappa shape index (κ1) is 16.0. The topological polar surface area (TPSA) is 29.5 Å². The van der Waals surface area contributed by atoms with Gasteiger partial charge in [-0.25, -0.2) is 0 Å². The highest BCUT2D eigenvalue weighted by Gasteiger charge is 2.32. The number of carbonyl (C=O) groups is 1. The minimum Gasteiger partial charge on any atom is -0.373 e. The summed E-state index contributed by atoms with van der Waals surface area (Å²) in [6.45, 7) is 7.78. The van der Waals surface area contributed by atoms with E-state index < -0.39 is 0 Å². The van der Waals surface area contributed by atoms with Crippen molar-refractivity contribution in [3.63, 3.8) is 0 Å². The monoisotopic (exact) mass is 319 g/mol. The number of amides is 1. The molecule has 1 rings (SSSR count). The third-order valence-corrected chi connectivity index (χ3v) is 4.31. The summed E-state index contributed by atoms with van der Waals surface area (Å²) in [5, 5.41) is 0.801. The molecule has 2 atom stereocenters. The molecule has 1 aliphatic heterocycles. The lowest BCUT2D eigenvalue weighted by Gasteiger charge is -2.39. The second-order valence-corrected chi connectivity index (χ2v) is 5.87. The van der Waals surface area contributed by atoms with E-state index in [1.54, 1.807) is 0 Å². The molecule has 106 valence electrons. The number of rotatable bonds is 6. The molecule has 1 amide bonds. The maximum atomic E-state index is 12.6. The fourth-order valence-electron chi connectivity index (χ4n) is 2.54. The fourth-order valence-corrected chi connectivity index (χ4v) is 2.93. The van der Waals surface area contributed by atoms with E-state index in [4.69, 9.17) is 4.74 Å². The van der Waals surface area contributed by atoms with Crippen LogP contribution < -0.4 is 0 Å². The Balaban J connectivity index is 2.65. The Bertz CT molecular complexity index is 254. The van der Waals surface area contributed by atoms with E-state index in [0.717, 1.165) is 37.6 Å². The second-order valence-electron chi connectivity index (χ2n) is 5.22. The molecule has 1 saturated heterocycles. The summed E-state index contributed by atoms with van der Waals surface area (Å²) in [6.07, 6.45) is 4.33. The van der Waals surface area contributed by atoms with Crippen molar-refractivity contribution in [2.24, 2.45) is 5.92 Å². The largest absolute Gasteiger partial charge is 0.373 e. The van der Waals surface area contributed by atoms with Crippen molar-refractivity contribution < 1.29 is 9.53 Å². The van der Waals surface area contributed by atoms with Gasteiger partial charge in [-0.1, -0.05) is 42.6 Å². The SMILES string of the molecule is CCCC(CCC)C(=O)N1CC(CBr)OCC1C. The van der Waals surface area contributed by atoms with Gasteiger partial charge in [0.05, 0.1) is 18.8 Å². The first-order valence-electron chi connectivity index (χ1n) is 7.12. The maximum absolute atomic E-state index is 12.6. The molecule has 0 aromatic carbocycles. The standard InChI is InChI=1S/C14H26BrNO2/c1-4-6-12(7-5-2)14(17)16-9-13(8-15)18-10-11(16)3/h11-13H,4-10H2,1-3H3. The lowest BCUT2D eigenvalue weighted by Crippen LogP contribution is -2.53. The van der Waals surface area contributed by atoms with E-state index in [-0.39, 0.29) is 18.1 Å². The van der Waals surface area contributed by atoms with Crippen molar-refractivity contribution in [3.05, 3.63) is 0 Å². The molecule has 0 radical (unpaired) electrons. The van der Waals surface area contributed by atoms with Gasteiger partial charge in [0.25, 0.3) is 0 Å². The van der Waals surface area contributed by atoms with Crippen molar-refractivity contribution in [2.75, 3.05) is 18.5 Å². The summed E-state index contributed by atoms with van der Waals surface area (Å²) in [5.41, 5.74) is 0. The minimum atomic E-state index is 0.147. The fraction of sp³-hybridized carbons (Fsp3) is 0.929. The molecule has 0 N–H and O–H groups in total. The van der Waals surface area contributed by atoms with Crippen molar-refractivity contribution in [1.82, 2.24) is 4.90 Å². The van der Waals surface area contributed by atoms with Gasteiger partial charge < -0.3 is 9.64 Å². The van der Waals surface area contributed by atoms with Crippen LogP contribution in [0.2, 0.25) is 0 Å². The molecular formula is C14H26BrNO2. The Morgan fingerprint density at radius 1 is 1.39 bits per heavy atom. The number of ether oxygens (including phenoxy) is 1. The van der Waals surface area contributed by atoms with Gasteiger partial charge >= 0.3 is 0 Å².